The predicted octanol–water partition coefficient (Wildman–Crippen LogP) is 4.35. The number of halogens is 2. The highest BCUT2D eigenvalue weighted by atomic mass is 19.3. The first-order chi connectivity index (χ1) is 14.5. The molecule has 2 aliphatic carbocycles. The van der Waals surface area contributed by atoms with E-state index in [1.165, 1.54) is 6.33 Å². The van der Waals surface area contributed by atoms with E-state index in [-0.39, 0.29) is 12.8 Å². The number of hydrogen-bond acceptors (Lipinski definition) is 5. The van der Waals surface area contributed by atoms with Gasteiger partial charge in [0.2, 0.25) is 5.88 Å². The maximum absolute atomic E-state index is 13.6. The van der Waals surface area contributed by atoms with Crippen LogP contribution in [0.2, 0.25) is 0 Å². The number of rotatable bonds is 4. The predicted molar refractivity (Wildman–Crippen MR) is 106 cm³/mol. The second-order valence-corrected chi connectivity index (χ2v) is 8.25. The zero-order chi connectivity index (χ0) is 20.5. The molecule has 4 aromatic rings. The van der Waals surface area contributed by atoms with Crippen LogP contribution in [0.15, 0.2) is 30.9 Å². The summed E-state index contributed by atoms with van der Waals surface area (Å²) in [6.07, 6.45) is 6.61. The Hall–Kier alpha value is -3.10. The summed E-state index contributed by atoms with van der Waals surface area (Å²) in [6.45, 7) is 2.00. The molecular weight excluding hydrogens is 390 g/mol. The van der Waals surface area contributed by atoms with E-state index < -0.39 is 12.0 Å². The molecule has 0 spiro atoms. The van der Waals surface area contributed by atoms with Crippen molar-refractivity contribution in [3.8, 4) is 17.0 Å². The number of fused-ring (bicyclic) bond motifs is 2. The van der Waals surface area contributed by atoms with Gasteiger partial charge >= 0.3 is 0 Å². The molecule has 0 saturated heterocycles. The van der Waals surface area contributed by atoms with Crippen molar-refractivity contribution in [1.29, 1.82) is 0 Å². The van der Waals surface area contributed by atoms with Crippen molar-refractivity contribution in [2.75, 3.05) is 0 Å². The Kier molecular flexibility index (Phi) is 3.66. The molecule has 9 heteroatoms. The molecule has 2 saturated carbocycles. The Bertz CT molecular complexity index is 1280. The van der Waals surface area contributed by atoms with Crippen LogP contribution in [0.5, 0.6) is 5.88 Å². The summed E-state index contributed by atoms with van der Waals surface area (Å²) in [5.41, 5.74) is 4.13. The van der Waals surface area contributed by atoms with E-state index in [1.54, 1.807) is 10.7 Å². The van der Waals surface area contributed by atoms with Gasteiger partial charge in [-0.05, 0) is 38.3 Å². The molecule has 0 amide bonds. The fourth-order valence-corrected chi connectivity index (χ4v) is 4.45. The molecule has 6 rings (SSSR count). The minimum atomic E-state index is -2.67. The van der Waals surface area contributed by atoms with Crippen molar-refractivity contribution < 1.29 is 13.5 Å². The Labute approximate surface area is 170 Å². The van der Waals surface area contributed by atoms with Gasteiger partial charge in [0.15, 0.2) is 5.65 Å². The zero-order valence-corrected chi connectivity index (χ0v) is 16.4. The molecule has 4 aromatic heterocycles. The molecule has 0 aromatic carbocycles. The van der Waals surface area contributed by atoms with E-state index >= 15 is 0 Å². The fraction of sp³-hybridized carbons (Fsp3) is 0.429. The molecule has 0 N–H and O–H groups in total. The van der Waals surface area contributed by atoms with E-state index in [0.717, 1.165) is 41.0 Å². The second-order valence-electron chi connectivity index (χ2n) is 8.25. The van der Waals surface area contributed by atoms with E-state index in [9.17, 15) is 8.78 Å². The second kappa shape index (κ2) is 6.20. The Balaban J connectivity index is 1.45. The molecule has 2 aliphatic rings. The largest absolute Gasteiger partial charge is 0.473 e. The SMILES string of the molecule is Cc1nc2ncc(-c3ccn4ncnc(OC5CCC(F)(F)C5)c34)cc2n1C1CC1. The maximum Gasteiger partial charge on any atom is 0.251 e. The lowest BCUT2D eigenvalue weighted by Gasteiger charge is -2.14. The van der Waals surface area contributed by atoms with Crippen LogP contribution in [0, 0.1) is 6.92 Å². The van der Waals surface area contributed by atoms with Gasteiger partial charge in [0.25, 0.3) is 5.92 Å². The zero-order valence-electron chi connectivity index (χ0n) is 16.4. The highest BCUT2D eigenvalue weighted by molar-refractivity contribution is 5.88. The number of nitrogens with zero attached hydrogens (tertiary/aromatic N) is 6. The van der Waals surface area contributed by atoms with Gasteiger partial charge in [-0.3, -0.25) is 0 Å². The number of imidazole rings is 1. The number of aromatic nitrogens is 6. The lowest BCUT2D eigenvalue weighted by atomic mass is 10.1. The van der Waals surface area contributed by atoms with Crippen molar-refractivity contribution in [2.24, 2.45) is 0 Å². The van der Waals surface area contributed by atoms with Gasteiger partial charge in [-0.2, -0.15) is 10.1 Å². The van der Waals surface area contributed by atoms with Crippen LogP contribution in [0.25, 0.3) is 27.8 Å². The molecule has 0 radical (unpaired) electrons. The molecule has 2 fully saturated rings. The Morgan fingerprint density at radius 2 is 2.07 bits per heavy atom. The summed E-state index contributed by atoms with van der Waals surface area (Å²) in [7, 11) is 0. The lowest BCUT2D eigenvalue weighted by molar-refractivity contribution is -0.00130. The van der Waals surface area contributed by atoms with Gasteiger partial charge in [-0.1, -0.05) is 0 Å². The van der Waals surface area contributed by atoms with Crippen LogP contribution < -0.4 is 4.74 Å². The van der Waals surface area contributed by atoms with Crippen LogP contribution in [0.4, 0.5) is 8.78 Å². The first-order valence-electron chi connectivity index (χ1n) is 10.2. The number of hydrogen-bond donors (Lipinski definition) is 0. The summed E-state index contributed by atoms with van der Waals surface area (Å²) in [5.74, 6) is -1.39. The van der Waals surface area contributed by atoms with Crippen molar-refractivity contribution in [2.45, 2.75) is 57.1 Å². The molecule has 154 valence electrons. The first-order valence-corrected chi connectivity index (χ1v) is 10.2. The van der Waals surface area contributed by atoms with Crippen molar-refractivity contribution in [3.05, 3.63) is 36.7 Å². The van der Waals surface area contributed by atoms with Crippen LogP contribution in [-0.2, 0) is 0 Å². The van der Waals surface area contributed by atoms with Gasteiger partial charge in [0.05, 0.1) is 5.52 Å². The van der Waals surface area contributed by atoms with Crippen molar-refractivity contribution >= 4 is 16.7 Å². The van der Waals surface area contributed by atoms with Crippen LogP contribution >= 0.6 is 0 Å². The summed E-state index contributed by atoms with van der Waals surface area (Å²) in [5, 5.41) is 4.25. The van der Waals surface area contributed by atoms with Gasteiger partial charge in [0.1, 0.15) is 23.8 Å². The van der Waals surface area contributed by atoms with Gasteiger partial charge in [-0.15, -0.1) is 0 Å². The minimum absolute atomic E-state index is 0.155. The van der Waals surface area contributed by atoms with E-state index in [0.29, 0.717) is 23.9 Å². The first kappa shape index (κ1) is 17.7. The smallest absolute Gasteiger partial charge is 0.251 e. The lowest BCUT2D eigenvalue weighted by Crippen LogP contribution is -2.17. The van der Waals surface area contributed by atoms with Crippen LogP contribution in [0.3, 0.4) is 0 Å². The standard InChI is InChI=1S/C21H20F2N6O/c1-12-27-19-17(29(12)14-2-3-14)8-13(10-24-19)16-5-7-28-18(16)20(25-11-26-28)30-15-4-6-21(22,23)9-15/h5,7-8,10-11,14-15H,2-4,6,9H2,1H3. The van der Waals surface area contributed by atoms with Gasteiger partial charge < -0.3 is 9.30 Å². The molecule has 1 unspecified atom stereocenters. The molecule has 30 heavy (non-hydrogen) atoms. The van der Waals surface area contributed by atoms with Crippen molar-refractivity contribution in [1.82, 2.24) is 29.1 Å². The summed E-state index contributed by atoms with van der Waals surface area (Å²) < 4.78 is 37.1. The molecule has 4 heterocycles. The normalized spacial score (nSPS) is 21.0. The third kappa shape index (κ3) is 2.83. The molecule has 0 aliphatic heterocycles. The fourth-order valence-electron chi connectivity index (χ4n) is 4.45. The Morgan fingerprint density at radius 1 is 1.20 bits per heavy atom. The number of alkyl halides is 2. The van der Waals surface area contributed by atoms with Gasteiger partial charge in [-0.25, -0.2) is 23.3 Å². The monoisotopic (exact) mass is 410 g/mol. The summed E-state index contributed by atoms with van der Waals surface area (Å²) >= 11 is 0. The average molecular weight is 410 g/mol. The van der Waals surface area contributed by atoms with E-state index in [4.69, 9.17) is 4.74 Å². The highest BCUT2D eigenvalue weighted by Gasteiger charge is 2.41. The summed E-state index contributed by atoms with van der Waals surface area (Å²) in [6, 6.07) is 4.49. The van der Waals surface area contributed by atoms with E-state index in [1.807, 2.05) is 19.2 Å². The highest BCUT2D eigenvalue weighted by Crippen LogP contribution is 2.40. The average Bonchev–Trinajstić information content (AvgIpc) is 3.20. The molecular formula is C21H20F2N6O. The summed E-state index contributed by atoms with van der Waals surface area (Å²) in [4.78, 5) is 13.4. The molecule has 1 atom stereocenters. The molecule has 7 nitrogen and oxygen atoms in total. The topological polar surface area (TPSA) is 70.1 Å². The van der Waals surface area contributed by atoms with Gasteiger partial charge in [0, 0.05) is 42.4 Å². The molecule has 0 bridgehead atoms. The number of aryl methyl sites for hydroxylation is 1. The van der Waals surface area contributed by atoms with Crippen LogP contribution in [-0.4, -0.2) is 41.2 Å². The van der Waals surface area contributed by atoms with E-state index in [2.05, 4.69) is 30.7 Å². The van der Waals surface area contributed by atoms with Crippen LogP contribution in [0.1, 0.15) is 44.0 Å². The van der Waals surface area contributed by atoms with Crippen molar-refractivity contribution in [3.63, 3.8) is 0 Å². The maximum atomic E-state index is 13.6. The number of pyridine rings is 1. The minimum Gasteiger partial charge on any atom is -0.473 e. The quantitative estimate of drug-likeness (QED) is 0.500. The third-order valence-electron chi connectivity index (χ3n) is 6.00. The third-order valence-corrected chi connectivity index (χ3v) is 6.00. The number of ether oxygens (including phenoxy) is 1. The Morgan fingerprint density at radius 3 is 2.83 bits per heavy atom.